The number of ether oxygens (including phenoxy) is 1. The third kappa shape index (κ3) is 4.42. The van der Waals surface area contributed by atoms with Crippen LogP contribution in [0.15, 0.2) is 42.9 Å². The van der Waals surface area contributed by atoms with E-state index in [9.17, 15) is 0 Å². The van der Waals surface area contributed by atoms with E-state index in [1.54, 1.807) is 12.4 Å². The highest BCUT2D eigenvalue weighted by Crippen LogP contribution is 2.32. The fraction of sp³-hybridized carbons (Fsp3) is 0.190. The summed E-state index contributed by atoms with van der Waals surface area (Å²) in [6.07, 6.45) is 4.81. The molecule has 0 spiro atoms. The first-order valence-corrected chi connectivity index (χ1v) is 10.1. The third-order valence-electron chi connectivity index (χ3n) is 4.30. The van der Waals surface area contributed by atoms with Gasteiger partial charge < -0.3 is 15.2 Å². The number of rotatable bonds is 6. The van der Waals surface area contributed by atoms with E-state index < -0.39 is 0 Å². The van der Waals surface area contributed by atoms with Crippen molar-refractivity contribution in [2.75, 3.05) is 5.32 Å². The summed E-state index contributed by atoms with van der Waals surface area (Å²) in [6.45, 7) is 5.75. The van der Waals surface area contributed by atoms with Crippen molar-refractivity contribution in [3.05, 3.63) is 65.4 Å². The van der Waals surface area contributed by atoms with Crippen LogP contribution in [-0.4, -0.2) is 30.0 Å². The summed E-state index contributed by atoms with van der Waals surface area (Å²) < 4.78 is 6.01. The highest BCUT2D eigenvalue weighted by atomic mass is 32.1. The molecular weight excluding hydrogens is 400 g/mol. The Labute approximate surface area is 177 Å². The van der Waals surface area contributed by atoms with Gasteiger partial charge in [0, 0.05) is 11.9 Å². The molecule has 0 saturated heterocycles. The van der Waals surface area contributed by atoms with Crippen molar-refractivity contribution in [3.8, 4) is 22.3 Å². The lowest BCUT2D eigenvalue weighted by molar-refractivity contribution is 0.276. The molecule has 8 nitrogen and oxygen atoms in total. The van der Waals surface area contributed by atoms with Crippen molar-refractivity contribution in [1.29, 1.82) is 0 Å². The maximum absolute atomic E-state index is 9.06. The van der Waals surface area contributed by atoms with Gasteiger partial charge in [0.1, 0.15) is 5.75 Å². The molecule has 0 amide bonds. The fourth-order valence-corrected chi connectivity index (χ4v) is 3.61. The van der Waals surface area contributed by atoms with Crippen LogP contribution in [0.3, 0.4) is 0 Å². The summed E-state index contributed by atoms with van der Waals surface area (Å²) in [4.78, 5) is 22.6. The average molecular weight is 420 g/mol. The van der Waals surface area contributed by atoms with Crippen LogP contribution >= 0.6 is 11.3 Å². The number of benzene rings is 1. The predicted octanol–water partition coefficient (Wildman–Crippen LogP) is 4.34. The van der Waals surface area contributed by atoms with Gasteiger partial charge in [0.05, 0.1) is 35.3 Å². The zero-order chi connectivity index (χ0) is 21.1. The molecule has 0 atom stereocenters. The van der Waals surface area contributed by atoms with Gasteiger partial charge in [-0.3, -0.25) is 4.98 Å². The molecule has 3 aromatic heterocycles. The number of aromatic nitrogens is 5. The number of aliphatic hydroxyl groups is 1. The zero-order valence-electron chi connectivity index (χ0n) is 16.7. The Bertz CT molecular complexity index is 1160. The van der Waals surface area contributed by atoms with Crippen LogP contribution in [0.5, 0.6) is 11.8 Å². The third-order valence-corrected chi connectivity index (χ3v) is 5.23. The van der Waals surface area contributed by atoms with E-state index in [4.69, 9.17) is 9.84 Å². The van der Waals surface area contributed by atoms with Crippen molar-refractivity contribution >= 4 is 22.3 Å². The van der Waals surface area contributed by atoms with Crippen LogP contribution in [0.2, 0.25) is 0 Å². The van der Waals surface area contributed by atoms with Gasteiger partial charge in [-0.15, -0.1) is 0 Å². The van der Waals surface area contributed by atoms with Crippen LogP contribution in [0.1, 0.15) is 22.5 Å². The smallest absolute Gasteiger partial charge is 0.322 e. The van der Waals surface area contributed by atoms with Crippen LogP contribution < -0.4 is 10.1 Å². The van der Waals surface area contributed by atoms with Crippen LogP contribution in [0.25, 0.3) is 10.6 Å². The number of anilines is 2. The molecule has 0 aliphatic heterocycles. The molecule has 152 valence electrons. The minimum Gasteiger partial charge on any atom is -0.424 e. The van der Waals surface area contributed by atoms with E-state index in [-0.39, 0.29) is 6.61 Å². The first kappa shape index (κ1) is 19.9. The maximum atomic E-state index is 9.06. The number of nitrogens with zero attached hydrogens (tertiary/aromatic N) is 5. The van der Waals surface area contributed by atoms with Gasteiger partial charge in [-0.05, 0) is 38.0 Å². The van der Waals surface area contributed by atoms with Crippen molar-refractivity contribution in [2.45, 2.75) is 27.4 Å². The molecule has 4 rings (SSSR count). The molecule has 0 aliphatic rings. The zero-order valence-corrected chi connectivity index (χ0v) is 17.6. The molecule has 2 N–H and O–H groups in total. The predicted molar refractivity (Wildman–Crippen MR) is 115 cm³/mol. The second-order valence-electron chi connectivity index (χ2n) is 6.71. The molecule has 0 fully saturated rings. The van der Waals surface area contributed by atoms with Gasteiger partial charge in [-0.2, -0.15) is 4.98 Å². The highest BCUT2D eigenvalue weighted by molar-refractivity contribution is 7.18. The van der Waals surface area contributed by atoms with Gasteiger partial charge in [0.2, 0.25) is 0 Å². The van der Waals surface area contributed by atoms with E-state index in [0.717, 1.165) is 33.1 Å². The molecule has 0 bridgehead atoms. The van der Waals surface area contributed by atoms with Gasteiger partial charge in [0.15, 0.2) is 10.9 Å². The Morgan fingerprint density at radius 3 is 2.50 bits per heavy atom. The minimum absolute atomic E-state index is 0.145. The van der Waals surface area contributed by atoms with Crippen LogP contribution in [0.4, 0.5) is 10.9 Å². The molecule has 3 heterocycles. The lowest BCUT2D eigenvalue weighted by Gasteiger charge is -2.11. The summed E-state index contributed by atoms with van der Waals surface area (Å²) in [5.41, 5.74) is 4.09. The number of nitrogens with one attached hydrogen (secondary N) is 1. The number of hydrogen-bond acceptors (Lipinski definition) is 9. The number of hydrogen-bond donors (Lipinski definition) is 2. The summed E-state index contributed by atoms with van der Waals surface area (Å²) >= 11 is 1.44. The normalized spacial score (nSPS) is 10.8. The van der Waals surface area contributed by atoms with Crippen LogP contribution in [0, 0.1) is 20.8 Å². The molecule has 0 radical (unpaired) electrons. The molecule has 0 unspecified atom stereocenters. The van der Waals surface area contributed by atoms with E-state index in [2.05, 4.69) is 30.2 Å². The maximum Gasteiger partial charge on any atom is 0.322 e. The Balaban J connectivity index is 1.57. The molecule has 4 aromatic rings. The number of para-hydroxylation sites is 1. The standard InChI is InChI=1S/C21H20N6O2S/c1-12-5-4-6-13(2)19(12)29-20-25-14(3)7-16(26-20)17-9-24-21(30-17)27-18-10-22-15(11-28)8-23-18/h4-10,28H,11H2,1-3H3,(H,23,24,27). The van der Waals surface area contributed by atoms with E-state index in [1.165, 1.54) is 17.5 Å². The van der Waals surface area contributed by atoms with E-state index >= 15 is 0 Å². The summed E-state index contributed by atoms with van der Waals surface area (Å²) in [5, 5.41) is 12.8. The Kier molecular flexibility index (Phi) is 5.64. The number of thiazole rings is 1. The van der Waals surface area contributed by atoms with Crippen molar-refractivity contribution in [1.82, 2.24) is 24.9 Å². The molecule has 30 heavy (non-hydrogen) atoms. The SMILES string of the molecule is Cc1cc(-c2cnc(Nc3cnc(CO)cn3)s2)nc(Oc2c(C)cccc2C)n1. The topological polar surface area (TPSA) is 106 Å². The van der Waals surface area contributed by atoms with Crippen molar-refractivity contribution in [3.63, 3.8) is 0 Å². The summed E-state index contributed by atoms with van der Waals surface area (Å²) in [7, 11) is 0. The Morgan fingerprint density at radius 1 is 1.00 bits per heavy atom. The van der Waals surface area contributed by atoms with Gasteiger partial charge >= 0.3 is 6.01 Å². The summed E-state index contributed by atoms with van der Waals surface area (Å²) in [6, 6.07) is 8.18. The molecule has 1 aromatic carbocycles. The first-order valence-electron chi connectivity index (χ1n) is 9.26. The second kappa shape index (κ2) is 8.52. The quantitative estimate of drug-likeness (QED) is 0.474. The average Bonchev–Trinajstić information content (AvgIpc) is 3.20. The molecule has 0 aliphatic carbocycles. The Morgan fingerprint density at radius 2 is 1.80 bits per heavy atom. The highest BCUT2D eigenvalue weighted by Gasteiger charge is 2.13. The van der Waals surface area contributed by atoms with E-state index in [1.807, 2.05) is 45.0 Å². The monoisotopic (exact) mass is 420 g/mol. The largest absolute Gasteiger partial charge is 0.424 e. The van der Waals surface area contributed by atoms with E-state index in [0.29, 0.717) is 22.7 Å². The second-order valence-corrected chi connectivity index (χ2v) is 7.74. The van der Waals surface area contributed by atoms with Crippen molar-refractivity contribution < 1.29 is 9.84 Å². The van der Waals surface area contributed by atoms with Gasteiger partial charge in [-0.25, -0.2) is 15.0 Å². The van der Waals surface area contributed by atoms with Gasteiger partial charge in [0.25, 0.3) is 0 Å². The van der Waals surface area contributed by atoms with Crippen molar-refractivity contribution in [2.24, 2.45) is 0 Å². The molecule has 9 heteroatoms. The number of aliphatic hydroxyl groups excluding tert-OH is 1. The van der Waals surface area contributed by atoms with Crippen LogP contribution in [-0.2, 0) is 6.61 Å². The summed E-state index contributed by atoms with van der Waals surface area (Å²) in [5.74, 6) is 1.32. The lowest BCUT2D eigenvalue weighted by Crippen LogP contribution is -1.98. The van der Waals surface area contributed by atoms with Gasteiger partial charge in [-0.1, -0.05) is 29.5 Å². The lowest BCUT2D eigenvalue weighted by atomic mass is 10.1. The molecular formula is C21H20N6O2S. The number of aryl methyl sites for hydroxylation is 3. The Hall–Kier alpha value is -3.43. The molecule has 0 saturated carbocycles. The minimum atomic E-state index is -0.145. The fourth-order valence-electron chi connectivity index (χ4n) is 2.83. The first-order chi connectivity index (χ1) is 14.5.